The maximum absolute atomic E-state index is 13.6. The number of hydrogen-bond donors (Lipinski definition) is 2. The minimum atomic E-state index is -0.702. The number of nitrogen functional groups attached to an aromatic ring is 1. The Balaban J connectivity index is 2.23. The van der Waals surface area contributed by atoms with Gasteiger partial charge in [0.1, 0.15) is 11.6 Å². The number of pyridine rings is 1. The molecule has 0 aliphatic carbocycles. The van der Waals surface area contributed by atoms with Gasteiger partial charge in [-0.3, -0.25) is 4.79 Å². The zero-order valence-electron chi connectivity index (χ0n) is 10.0. The number of carbonyl (C=O) groups excluding carboxylic acids is 1. The molecule has 0 saturated carbocycles. The van der Waals surface area contributed by atoms with Gasteiger partial charge in [-0.15, -0.1) is 0 Å². The standard InChI is InChI=1S/C13H8ClFN4O/c14-9-4-8(6-18-12(9)17)13(20)19-11-2-1-7(5-16)3-10(11)15/h1-4,6H,(H2,17,18)(H,19,20). The third kappa shape index (κ3) is 2.84. The molecule has 1 amide bonds. The molecule has 5 nitrogen and oxygen atoms in total. The second-order valence-corrected chi connectivity index (χ2v) is 4.26. The van der Waals surface area contributed by atoms with Gasteiger partial charge < -0.3 is 11.1 Å². The fourth-order valence-electron chi connectivity index (χ4n) is 1.45. The van der Waals surface area contributed by atoms with Crippen LogP contribution in [0.1, 0.15) is 15.9 Å². The van der Waals surface area contributed by atoms with E-state index in [2.05, 4.69) is 10.3 Å². The molecule has 0 atom stereocenters. The van der Waals surface area contributed by atoms with E-state index in [9.17, 15) is 9.18 Å². The Kier molecular flexibility index (Phi) is 3.82. The number of carbonyl (C=O) groups is 1. The Bertz CT molecular complexity index is 727. The molecule has 0 aliphatic rings. The molecule has 3 N–H and O–H groups in total. The van der Waals surface area contributed by atoms with E-state index in [1.165, 1.54) is 24.4 Å². The van der Waals surface area contributed by atoms with Gasteiger partial charge in [0.2, 0.25) is 0 Å². The van der Waals surface area contributed by atoms with Crippen LogP contribution in [0.3, 0.4) is 0 Å². The number of nitrogens with two attached hydrogens (primary N) is 1. The number of nitriles is 1. The fraction of sp³-hybridized carbons (Fsp3) is 0. The highest BCUT2D eigenvalue weighted by atomic mass is 35.5. The molecule has 0 fully saturated rings. The summed E-state index contributed by atoms with van der Waals surface area (Å²) < 4.78 is 13.6. The molecule has 2 rings (SSSR count). The summed E-state index contributed by atoms with van der Waals surface area (Å²) in [7, 11) is 0. The Labute approximate surface area is 118 Å². The second-order valence-electron chi connectivity index (χ2n) is 3.85. The van der Waals surface area contributed by atoms with Gasteiger partial charge in [0.05, 0.1) is 27.9 Å². The number of nitrogens with zero attached hydrogens (tertiary/aromatic N) is 2. The van der Waals surface area contributed by atoms with E-state index in [1.807, 2.05) is 0 Å². The Morgan fingerprint density at radius 2 is 2.20 bits per heavy atom. The summed E-state index contributed by atoms with van der Waals surface area (Å²) >= 11 is 5.75. The highest BCUT2D eigenvalue weighted by Gasteiger charge is 2.11. The maximum Gasteiger partial charge on any atom is 0.257 e. The SMILES string of the molecule is N#Cc1ccc(NC(=O)c2cnc(N)c(Cl)c2)c(F)c1. The summed E-state index contributed by atoms with van der Waals surface area (Å²) in [5, 5.41) is 11.1. The molecule has 1 aromatic carbocycles. The summed E-state index contributed by atoms with van der Waals surface area (Å²) in [6, 6.07) is 6.86. The Morgan fingerprint density at radius 3 is 2.80 bits per heavy atom. The highest BCUT2D eigenvalue weighted by molar-refractivity contribution is 6.33. The van der Waals surface area contributed by atoms with Crippen molar-refractivity contribution in [2.45, 2.75) is 0 Å². The zero-order chi connectivity index (χ0) is 14.7. The van der Waals surface area contributed by atoms with Crippen LogP contribution in [0.5, 0.6) is 0 Å². The highest BCUT2D eigenvalue weighted by Crippen LogP contribution is 2.19. The van der Waals surface area contributed by atoms with Crippen LogP contribution in [0.15, 0.2) is 30.5 Å². The minimum Gasteiger partial charge on any atom is -0.382 e. The van der Waals surface area contributed by atoms with Crippen molar-refractivity contribution in [3.63, 3.8) is 0 Å². The third-order valence-corrected chi connectivity index (χ3v) is 2.78. The third-order valence-electron chi connectivity index (χ3n) is 2.48. The van der Waals surface area contributed by atoms with E-state index >= 15 is 0 Å². The molecular weight excluding hydrogens is 283 g/mol. The topological polar surface area (TPSA) is 91.8 Å². The van der Waals surface area contributed by atoms with E-state index in [0.717, 1.165) is 6.07 Å². The minimum absolute atomic E-state index is 0.0399. The molecule has 0 bridgehead atoms. The fourth-order valence-corrected chi connectivity index (χ4v) is 1.62. The van der Waals surface area contributed by atoms with E-state index in [1.54, 1.807) is 6.07 Å². The molecule has 2 aromatic rings. The Hall–Kier alpha value is -2.65. The second kappa shape index (κ2) is 5.55. The molecule has 0 spiro atoms. The van der Waals surface area contributed by atoms with Crippen LogP contribution >= 0.6 is 11.6 Å². The number of anilines is 2. The predicted molar refractivity (Wildman–Crippen MR) is 72.7 cm³/mol. The van der Waals surface area contributed by atoms with Crippen LogP contribution < -0.4 is 11.1 Å². The monoisotopic (exact) mass is 290 g/mol. The molecule has 7 heteroatoms. The lowest BCUT2D eigenvalue weighted by Gasteiger charge is -2.07. The van der Waals surface area contributed by atoms with Gasteiger partial charge in [-0.1, -0.05) is 11.6 Å². The van der Waals surface area contributed by atoms with Gasteiger partial charge in [0, 0.05) is 6.20 Å². The number of hydrogen-bond acceptors (Lipinski definition) is 4. The lowest BCUT2D eigenvalue weighted by atomic mass is 10.2. The predicted octanol–water partition coefficient (Wildman–Crippen LogP) is 2.58. The lowest BCUT2D eigenvalue weighted by molar-refractivity contribution is 0.102. The van der Waals surface area contributed by atoms with Gasteiger partial charge in [0.25, 0.3) is 5.91 Å². The lowest BCUT2D eigenvalue weighted by Crippen LogP contribution is -2.13. The van der Waals surface area contributed by atoms with Crippen molar-refractivity contribution < 1.29 is 9.18 Å². The molecule has 1 heterocycles. The van der Waals surface area contributed by atoms with E-state index < -0.39 is 11.7 Å². The molecule has 0 unspecified atom stereocenters. The number of halogens is 2. The van der Waals surface area contributed by atoms with Gasteiger partial charge in [-0.25, -0.2) is 9.37 Å². The molecule has 1 aromatic heterocycles. The first-order valence-corrected chi connectivity index (χ1v) is 5.81. The van der Waals surface area contributed by atoms with E-state index in [4.69, 9.17) is 22.6 Å². The first kappa shape index (κ1) is 13.8. The van der Waals surface area contributed by atoms with Gasteiger partial charge >= 0.3 is 0 Å². The van der Waals surface area contributed by atoms with Crippen molar-refractivity contribution >= 4 is 29.0 Å². The number of nitrogens with one attached hydrogen (secondary N) is 1. The van der Waals surface area contributed by atoms with Crippen molar-refractivity contribution in [1.29, 1.82) is 5.26 Å². The molecule has 20 heavy (non-hydrogen) atoms. The Morgan fingerprint density at radius 1 is 1.45 bits per heavy atom. The van der Waals surface area contributed by atoms with Crippen LogP contribution in [0.25, 0.3) is 0 Å². The molecular formula is C13H8ClFN4O. The summed E-state index contributed by atoms with van der Waals surface area (Å²) in [5.41, 5.74) is 5.70. The van der Waals surface area contributed by atoms with Crippen LogP contribution in [0, 0.1) is 17.1 Å². The smallest absolute Gasteiger partial charge is 0.257 e. The van der Waals surface area contributed by atoms with Crippen molar-refractivity contribution in [2.24, 2.45) is 0 Å². The van der Waals surface area contributed by atoms with Gasteiger partial charge in [-0.2, -0.15) is 5.26 Å². The van der Waals surface area contributed by atoms with Crippen LogP contribution in [0.2, 0.25) is 5.02 Å². The number of aromatic nitrogens is 1. The average molecular weight is 291 g/mol. The summed E-state index contributed by atoms with van der Waals surface area (Å²) in [4.78, 5) is 15.6. The molecule has 0 saturated heterocycles. The quantitative estimate of drug-likeness (QED) is 0.889. The van der Waals surface area contributed by atoms with Crippen molar-refractivity contribution in [1.82, 2.24) is 4.98 Å². The average Bonchev–Trinajstić information content (AvgIpc) is 2.43. The van der Waals surface area contributed by atoms with Crippen molar-refractivity contribution in [2.75, 3.05) is 11.1 Å². The largest absolute Gasteiger partial charge is 0.382 e. The van der Waals surface area contributed by atoms with Crippen LogP contribution in [-0.2, 0) is 0 Å². The normalized spacial score (nSPS) is 9.85. The number of benzene rings is 1. The van der Waals surface area contributed by atoms with Gasteiger partial charge in [0.15, 0.2) is 0 Å². The number of rotatable bonds is 2. The van der Waals surface area contributed by atoms with E-state index in [0.29, 0.717) is 0 Å². The zero-order valence-corrected chi connectivity index (χ0v) is 10.8. The molecule has 0 aliphatic heterocycles. The summed E-state index contributed by atoms with van der Waals surface area (Å²) in [5.74, 6) is -1.18. The molecule has 0 radical (unpaired) electrons. The maximum atomic E-state index is 13.6. The van der Waals surface area contributed by atoms with E-state index in [-0.39, 0.29) is 27.7 Å². The summed E-state index contributed by atoms with van der Waals surface area (Å²) in [6.45, 7) is 0. The van der Waals surface area contributed by atoms with Crippen LogP contribution in [-0.4, -0.2) is 10.9 Å². The molecule has 100 valence electrons. The number of amides is 1. The summed E-state index contributed by atoms with van der Waals surface area (Å²) in [6.07, 6.45) is 1.23. The van der Waals surface area contributed by atoms with Crippen LogP contribution in [0.4, 0.5) is 15.9 Å². The van der Waals surface area contributed by atoms with Gasteiger partial charge in [-0.05, 0) is 24.3 Å². The first-order valence-electron chi connectivity index (χ1n) is 5.43. The first-order chi connectivity index (χ1) is 9.51. The van der Waals surface area contributed by atoms with Crippen molar-refractivity contribution in [3.8, 4) is 6.07 Å². The van der Waals surface area contributed by atoms with Crippen molar-refractivity contribution in [3.05, 3.63) is 52.4 Å².